The van der Waals surface area contributed by atoms with E-state index in [4.69, 9.17) is 11.6 Å². The van der Waals surface area contributed by atoms with Gasteiger partial charge < -0.3 is 20.3 Å². The molecule has 2 heterocycles. The molecular formula is C21H20ClFN4O3. The van der Waals surface area contributed by atoms with Gasteiger partial charge in [-0.1, -0.05) is 11.6 Å². The second-order valence-electron chi connectivity index (χ2n) is 6.79. The fourth-order valence-electron chi connectivity index (χ4n) is 2.85. The van der Waals surface area contributed by atoms with Gasteiger partial charge in [-0.2, -0.15) is 0 Å². The minimum absolute atomic E-state index is 0.0800. The van der Waals surface area contributed by atoms with Gasteiger partial charge in [0.2, 0.25) is 0 Å². The molecule has 3 aromatic rings. The van der Waals surface area contributed by atoms with Gasteiger partial charge in [0.25, 0.3) is 11.5 Å². The predicted octanol–water partition coefficient (Wildman–Crippen LogP) is 3.09. The summed E-state index contributed by atoms with van der Waals surface area (Å²) in [6.45, 7) is 1.65. The number of benzene rings is 1. The van der Waals surface area contributed by atoms with Gasteiger partial charge in [0.15, 0.2) is 0 Å². The Bertz CT molecular complexity index is 1150. The topological polar surface area (TPSA) is 96.2 Å². The molecule has 7 nitrogen and oxygen atoms in total. The Morgan fingerprint density at radius 3 is 2.80 bits per heavy atom. The zero-order chi connectivity index (χ0) is 21.8. The minimum atomic E-state index is -0.694. The molecule has 1 amide bonds. The van der Waals surface area contributed by atoms with Crippen molar-refractivity contribution in [2.24, 2.45) is 7.05 Å². The van der Waals surface area contributed by atoms with E-state index in [1.807, 2.05) is 0 Å². The molecule has 0 fully saturated rings. The van der Waals surface area contributed by atoms with Crippen LogP contribution in [0.1, 0.15) is 17.3 Å². The molecule has 0 radical (unpaired) electrons. The second-order valence-corrected chi connectivity index (χ2v) is 7.22. The first-order valence-corrected chi connectivity index (χ1v) is 9.47. The fourth-order valence-corrected chi connectivity index (χ4v) is 3.02. The van der Waals surface area contributed by atoms with Crippen LogP contribution in [0.3, 0.4) is 0 Å². The van der Waals surface area contributed by atoms with Crippen LogP contribution in [0, 0.1) is 5.82 Å². The molecule has 30 heavy (non-hydrogen) atoms. The number of anilines is 2. The summed E-state index contributed by atoms with van der Waals surface area (Å²) in [5.74, 6) is -0.992. The SMILES string of the molecule is CC(O)CNC(=O)c1cnccc1Nc1cc(-c2cc(Cl)ccc2F)c(=O)n(C)c1. The normalized spacial score (nSPS) is 11.8. The Kier molecular flexibility index (Phi) is 6.49. The van der Waals surface area contributed by atoms with Crippen LogP contribution in [0.15, 0.2) is 53.7 Å². The van der Waals surface area contributed by atoms with E-state index in [2.05, 4.69) is 15.6 Å². The van der Waals surface area contributed by atoms with Crippen molar-refractivity contribution in [1.82, 2.24) is 14.9 Å². The molecule has 3 N–H and O–H groups in total. The zero-order valence-electron chi connectivity index (χ0n) is 16.3. The number of aromatic nitrogens is 2. The number of amides is 1. The highest BCUT2D eigenvalue weighted by Crippen LogP contribution is 2.27. The van der Waals surface area contributed by atoms with Crippen LogP contribution in [-0.2, 0) is 7.05 Å². The number of aliphatic hydroxyl groups is 1. The predicted molar refractivity (Wildman–Crippen MR) is 114 cm³/mol. The number of carbonyl (C=O) groups excluding carboxylic acids is 1. The van der Waals surface area contributed by atoms with Crippen LogP contribution >= 0.6 is 11.6 Å². The van der Waals surface area contributed by atoms with E-state index in [1.54, 1.807) is 20.0 Å². The third-order valence-corrected chi connectivity index (χ3v) is 4.54. The molecule has 2 aromatic heterocycles. The lowest BCUT2D eigenvalue weighted by atomic mass is 10.1. The summed E-state index contributed by atoms with van der Waals surface area (Å²) in [5.41, 5.74) is 0.952. The molecule has 1 aromatic carbocycles. The van der Waals surface area contributed by atoms with E-state index in [1.165, 1.54) is 47.4 Å². The van der Waals surface area contributed by atoms with Crippen molar-refractivity contribution < 1.29 is 14.3 Å². The lowest BCUT2D eigenvalue weighted by Gasteiger charge is -2.14. The van der Waals surface area contributed by atoms with E-state index in [9.17, 15) is 19.1 Å². The van der Waals surface area contributed by atoms with Crippen LogP contribution in [0.4, 0.5) is 15.8 Å². The molecule has 0 spiro atoms. The number of carbonyl (C=O) groups is 1. The van der Waals surface area contributed by atoms with Crippen molar-refractivity contribution >= 4 is 28.9 Å². The lowest BCUT2D eigenvalue weighted by Crippen LogP contribution is -2.31. The average Bonchev–Trinajstić information content (AvgIpc) is 2.71. The Morgan fingerprint density at radius 1 is 1.30 bits per heavy atom. The van der Waals surface area contributed by atoms with Gasteiger partial charge in [0.1, 0.15) is 5.82 Å². The summed E-state index contributed by atoms with van der Waals surface area (Å²) in [6, 6.07) is 7.09. The van der Waals surface area contributed by atoms with Crippen molar-refractivity contribution in [3.05, 3.63) is 75.7 Å². The summed E-state index contributed by atoms with van der Waals surface area (Å²) < 4.78 is 15.6. The summed E-state index contributed by atoms with van der Waals surface area (Å²) in [4.78, 5) is 29.0. The molecule has 1 atom stereocenters. The molecule has 156 valence electrons. The lowest BCUT2D eigenvalue weighted by molar-refractivity contribution is 0.0924. The van der Waals surface area contributed by atoms with Crippen LogP contribution in [0.2, 0.25) is 5.02 Å². The molecule has 3 rings (SSSR count). The smallest absolute Gasteiger partial charge is 0.258 e. The van der Waals surface area contributed by atoms with Crippen LogP contribution in [0.25, 0.3) is 11.1 Å². The highest BCUT2D eigenvalue weighted by atomic mass is 35.5. The first-order chi connectivity index (χ1) is 14.3. The summed E-state index contributed by atoms with van der Waals surface area (Å²) >= 11 is 5.98. The van der Waals surface area contributed by atoms with Crippen LogP contribution in [-0.4, -0.2) is 33.2 Å². The molecule has 0 saturated heterocycles. The number of rotatable bonds is 6. The zero-order valence-corrected chi connectivity index (χ0v) is 17.1. The minimum Gasteiger partial charge on any atom is -0.392 e. The van der Waals surface area contributed by atoms with E-state index in [-0.39, 0.29) is 23.2 Å². The number of aryl methyl sites for hydroxylation is 1. The summed E-state index contributed by atoms with van der Waals surface area (Å²) in [7, 11) is 1.54. The van der Waals surface area contributed by atoms with Gasteiger partial charge in [0.05, 0.1) is 28.6 Å². The molecule has 0 bridgehead atoms. The summed E-state index contributed by atoms with van der Waals surface area (Å²) in [5, 5.41) is 15.4. The maximum Gasteiger partial charge on any atom is 0.258 e. The molecule has 0 aliphatic rings. The largest absolute Gasteiger partial charge is 0.392 e. The van der Waals surface area contributed by atoms with Gasteiger partial charge in [-0.25, -0.2) is 4.39 Å². The van der Waals surface area contributed by atoms with Gasteiger partial charge >= 0.3 is 0 Å². The Labute approximate surface area is 177 Å². The van der Waals surface area contributed by atoms with Crippen LogP contribution < -0.4 is 16.2 Å². The van der Waals surface area contributed by atoms with Crippen LogP contribution in [0.5, 0.6) is 0 Å². The van der Waals surface area contributed by atoms with Crippen molar-refractivity contribution in [1.29, 1.82) is 0 Å². The van der Waals surface area contributed by atoms with Gasteiger partial charge in [-0.3, -0.25) is 14.6 Å². The average molecular weight is 431 g/mol. The molecular weight excluding hydrogens is 411 g/mol. The molecule has 0 aliphatic carbocycles. The number of hydrogen-bond donors (Lipinski definition) is 3. The number of nitrogens with zero attached hydrogens (tertiary/aromatic N) is 2. The molecule has 0 aliphatic heterocycles. The van der Waals surface area contributed by atoms with E-state index in [0.29, 0.717) is 16.4 Å². The third kappa shape index (κ3) is 4.84. The molecule has 1 unspecified atom stereocenters. The van der Waals surface area contributed by atoms with Crippen molar-refractivity contribution in [2.75, 3.05) is 11.9 Å². The van der Waals surface area contributed by atoms with Gasteiger partial charge in [-0.15, -0.1) is 0 Å². The Morgan fingerprint density at radius 2 is 2.07 bits per heavy atom. The fraction of sp³-hybridized carbons (Fsp3) is 0.190. The van der Waals surface area contributed by atoms with Crippen molar-refractivity contribution in [3.8, 4) is 11.1 Å². The maximum atomic E-state index is 14.3. The van der Waals surface area contributed by atoms with Gasteiger partial charge in [-0.05, 0) is 37.3 Å². The number of halogens is 2. The molecule has 9 heteroatoms. The number of aliphatic hydroxyl groups excluding tert-OH is 1. The second kappa shape index (κ2) is 9.06. The molecule has 0 saturated carbocycles. The number of hydrogen-bond acceptors (Lipinski definition) is 5. The highest BCUT2D eigenvalue weighted by Gasteiger charge is 2.15. The highest BCUT2D eigenvalue weighted by molar-refractivity contribution is 6.30. The monoisotopic (exact) mass is 430 g/mol. The Balaban J connectivity index is 1.99. The van der Waals surface area contributed by atoms with E-state index in [0.717, 1.165) is 0 Å². The van der Waals surface area contributed by atoms with Gasteiger partial charge in [0, 0.05) is 42.8 Å². The Hall–Kier alpha value is -3.23. The number of pyridine rings is 2. The number of nitrogens with one attached hydrogen (secondary N) is 2. The van der Waals surface area contributed by atoms with Crippen molar-refractivity contribution in [2.45, 2.75) is 13.0 Å². The quantitative estimate of drug-likeness (QED) is 0.558. The summed E-state index contributed by atoms with van der Waals surface area (Å²) in [6.07, 6.45) is 3.74. The standard InChI is InChI=1S/C21H20ClFN4O3/c1-12(28)9-25-20(29)17-10-24-6-5-19(17)26-14-8-16(21(30)27(2)11-14)15-7-13(22)3-4-18(15)23/h3-8,10-12,28H,9H2,1-2H3,(H,24,26)(H,25,29). The van der Waals surface area contributed by atoms with Crippen molar-refractivity contribution in [3.63, 3.8) is 0 Å². The first-order valence-electron chi connectivity index (χ1n) is 9.09. The third-order valence-electron chi connectivity index (χ3n) is 4.30. The maximum absolute atomic E-state index is 14.3. The van der Waals surface area contributed by atoms with E-state index < -0.39 is 23.4 Å². The first kappa shape index (κ1) is 21.5. The van der Waals surface area contributed by atoms with E-state index >= 15 is 0 Å².